The van der Waals surface area contributed by atoms with Crippen LogP contribution in [0.5, 0.6) is 0 Å². The fraction of sp³-hybridized carbons (Fsp3) is 0.417. The largest absolute Gasteiger partial charge is 0.394 e. The molecule has 1 aromatic rings. The Bertz CT molecular complexity index is 392. The quantitative estimate of drug-likeness (QED) is 0.775. The van der Waals surface area contributed by atoms with Crippen molar-refractivity contribution >= 4 is 23.3 Å². The molecule has 0 saturated heterocycles. The zero-order valence-electron chi connectivity index (χ0n) is 9.96. The maximum absolute atomic E-state index is 11.6. The van der Waals surface area contributed by atoms with Crippen LogP contribution in [0.3, 0.4) is 0 Å². The van der Waals surface area contributed by atoms with Gasteiger partial charge >= 0.3 is 6.03 Å². The van der Waals surface area contributed by atoms with E-state index in [1.165, 1.54) is 0 Å². The highest BCUT2D eigenvalue weighted by Crippen LogP contribution is 2.19. The summed E-state index contributed by atoms with van der Waals surface area (Å²) in [4.78, 5) is 11.6. The Morgan fingerprint density at radius 2 is 2.24 bits per heavy atom. The fourth-order valence-electron chi connectivity index (χ4n) is 1.30. The molecule has 0 aromatic heterocycles. The molecule has 0 spiro atoms. The van der Waals surface area contributed by atoms with Crippen molar-refractivity contribution in [3.8, 4) is 0 Å². The van der Waals surface area contributed by atoms with Crippen molar-refractivity contribution < 1.29 is 9.90 Å². The predicted octanol–water partition coefficient (Wildman–Crippen LogP) is 2.54. The Kier molecular flexibility index (Phi) is 5.25. The number of urea groups is 1. The molecule has 3 N–H and O–H groups in total. The van der Waals surface area contributed by atoms with Crippen molar-refractivity contribution in [2.24, 2.45) is 0 Å². The van der Waals surface area contributed by atoms with Gasteiger partial charge in [-0.1, -0.05) is 24.6 Å². The van der Waals surface area contributed by atoms with Crippen LogP contribution in [-0.2, 0) is 0 Å². The summed E-state index contributed by atoms with van der Waals surface area (Å²) in [6.45, 7) is 3.72. The first kappa shape index (κ1) is 13.8. The van der Waals surface area contributed by atoms with E-state index in [9.17, 15) is 4.79 Å². The van der Waals surface area contributed by atoms with Crippen LogP contribution >= 0.6 is 11.6 Å². The topological polar surface area (TPSA) is 61.4 Å². The van der Waals surface area contributed by atoms with Gasteiger partial charge in [-0.05, 0) is 31.0 Å². The molecular formula is C12H17ClN2O2. The maximum atomic E-state index is 11.6. The highest BCUT2D eigenvalue weighted by molar-refractivity contribution is 6.31. The second-order valence-corrected chi connectivity index (χ2v) is 4.26. The van der Waals surface area contributed by atoms with Crippen LogP contribution in [0.25, 0.3) is 0 Å². The van der Waals surface area contributed by atoms with Crippen molar-refractivity contribution in [2.75, 3.05) is 11.9 Å². The van der Waals surface area contributed by atoms with Crippen LogP contribution in [0.2, 0.25) is 5.02 Å². The number of aliphatic hydroxyl groups excluding tert-OH is 1. The Morgan fingerprint density at radius 3 is 2.76 bits per heavy atom. The fourth-order valence-corrected chi connectivity index (χ4v) is 1.48. The van der Waals surface area contributed by atoms with Gasteiger partial charge in [-0.2, -0.15) is 0 Å². The third-order valence-corrected chi connectivity index (χ3v) is 2.89. The van der Waals surface area contributed by atoms with Crippen molar-refractivity contribution in [1.82, 2.24) is 5.32 Å². The van der Waals surface area contributed by atoms with Crippen LogP contribution < -0.4 is 10.6 Å². The average molecular weight is 257 g/mol. The van der Waals surface area contributed by atoms with E-state index in [0.717, 1.165) is 5.56 Å². The minimum Gasteiger partial charge on any atom is -0.394 e. The molecule has 0 aliphatic heterocycles. The number of benzene rings is 1. The smallest absolute Gasteiger partial charge is 0.319 e. The van der Waals surface area contributed by atoms with Crippen LogP contribution in [0.4, 0.5) is 10.5 Å². The van der Waals surface area contributed by atoms with Gasteiger partial charge in [0.05, 0.1) is 12.6 Å². The molecule has 0 unspecified atom stereocenters. The zero-order chi connectivity index (χ0) is 12.8. The summed E-state index contributed by atoms with van der Waals surface area (Å²) in [6.07, 6.45) is 0.679. The zero-order valence-corrected chi connectivity index (χ0v) is 10.7. The van der Waals surface area contributed by atoms with Crippen molar-refractivity contribution in [1.29, 1.82) is 0 Å². The first-order valence-corrected chi connectivity index (χ1v) is 5.89. The SMILES string of the molecule is CC[C@H](CO)NC(=O)Nc1ccc(C)c(Cl)c1. The molecule has 0 bridgehead atoms. The summed E-state index contributed by atoms with van der Waals surface area (Å²) in [6, 6.07) is 4.74. The summed E-state index contributed by atoms with van der Waals surface area (Å²) < 4.78 is 0. The number of aryl methyl sites for hydroxylation is 1. The highest BCUT2D eigenvalue weighted by atomic mass is 35.5. The van der Waals surface area contributed by atoms with E-state index < -0.39 is 0 Å². The Hall–Kier alpha value is -1.26. The number of anilines is 1. The molecule has 1 rings (SSSR count). The van der Waals surface area contributed by atoms with Crippen molar-refractivity contribution in [3.05, 3.63) is 28.8 Å². The van der Waals surface area contributed by atoms with Gasteiger partial charge in [0, 0.05) is 10.7 Å². The van der Waals surface area contributed by atoms with E-state index in [4.69, 9.17) is 16.7 Å². The number of aliphatic hydroxyl groups is 1. The number of amides is 2. The van der Waals surface area contributed by atoms with E-state index in [1.807, 2.05) is 19.9 Å². The lowest BCUT2D eigenvalue weighted by atomic mass is 10.2. The number of rotatable bonds is 4. The van der Waals surface area contributed by atoms with E-state index in [0.29, 0.717) is 17.1 Å². The number of hydrogen-bond donors (Lipinski definition) is 3. The van der Waals surface area contributed by atoms with Gasteiger partial charge < -0.3 is 15.7 Å². The van der Waals surface area contributed by atoms with E-state index in [1.54, 1.807) is 12.1 Å². The van der Waals surface area contributed by atoms with Crippen LogP contribution in [0.1, 0.15) is 18.9 Å². The summed E-state index contributed by atoms with van der Waals surface area (Å²) >= 11 is 5.95. The number of carbonyl (C=O) groups is 1. The van der Waals surface area contributed by atoms with E-state index in [-0.39, 0.29) is 18.7 Å². The summed E-state index contributed by atoms with van der Waals surface area (Å²) in [5.74, 6) is 0. The molecule has 94 valence electrons. The second kappa shape index (κ2) is 6.47. The molecule has 2 amide bonds. The van der Waals surface area contributed by atoms with Gasteiger partial charge in [-0.15, -0.1) is 0 Å². The predicted molar refractivity (Wildman–Crippen MR) is 69.5 cm³/mol. The second-order valence-electron chi connectivity index (χ2n) is 3.85. The molecule has 0 fully saturated rings. The molecule has 0 saturated carbocycles. The van der Waals surface area contributed by atoms with E-state index >= 15 is 0 Å². The molecule has 0 aliphatic rings. The Labute approximate surface area is 106 Å². The molecule has 0 heterocycles. The van der Waals surface area contributed by atoms with Gasteiger partial charge in [0.1, 0.15) is 0 Å². The maximum Gasteiger partial charge on any atom is 0.319 e. The lowest BCUT2D eigenvalue weighted by Gasteiger charge is -2.15. The molecule has 4 nitrogen and oxygen atoms in total. The standard InChI is InChI=1S/C12H17ClN2O2/c1-3-9(7-16)14-12(17)15-10-5-4-8(2)11(13)6-10/h4-6,9,16H,3,7H2,1-2H3,(H2,14,15,17)/t9-/m1/s1. The van der Waals surface area contributed by atoms with Gasteiger partial charge in [0.15, 0.2) is 0 Å². The molecule has 5 heteroatoms. The van der Waals surface area contributed by atoms with Gasteiger partial charge in [0.2, 0.25) is 0 Å². The number of halogens is 1. The first-order chi connectivity index (χ1) is 8.06. The molecular weight excluding hydrogens is 240 g/mol. The van der Waals surface area contributed by atoms with Crippen LogP contribution in [0.15, 0.2) is 18.2 Å². The molecule has 1 atom stereocenters. The lowest BCUT2D eigenvalue weighted by Crippen LogP contribution is -2.39. The van der Waals surface area contributed by atoms with Crippen molar-refractivity contribution in [3.63, 3.8) is 0 Å². The number of hydrogen-bond acceptors (Lipinski definition) is 2. The third-order valence-electron chi connectivity index (χ3n) is 2.48. The molecule has 0 radical (unpaired) electrons. The van der Waals surface area contributed by atoms with Gasteiger partial charge in [-0.25, -0.2) is 4.79 Å². The Morgan fingerprint density at radius 1 is 1.53 bits per heavy atom. The summed E-state index contributed by atoms with van der Waals surface area (Å²) in [5, 5.41) is 14.9. The summed E-state index contributed by atoms with van der Waals surface area (Å²) in [7, 11) is 0. The molecule has 1 aromatic carbocycles. The van der Waals surface area contributed by atoms with Gasteiger partial charge in [0.25, 0.3) is 0 Å². The normalized spacial score (nSPS) is 12.0. The summed E-state index contributed by atoms with van der Waals surface area (Å²) in [5.41, 5.74) is 1.59. The Balaban J connectivity index is 2.58. The lowest BCUT2D eigenvalue weighted by molar-refractivity contribution is 0.222. The third kappa shape index (κ3) is 4.24. The highest BCUT2D eigenvalue weighted by Gasteiger charge is 2.09. The number of carbonyl (C=O) groups excluding carboxylic acids is 1. The van der Waals surface area contributed by atoms with E-state index in [2.05, 4.69) is 10.6 Å². The minimum absolute atomic E-state index is 0.0709. The van der Waals surface area contributed by atoms with Gasteiger partial charge in [-0.3, -0.25) is 0 Å². The van der Waals surface area contributed by atoms with Crippen LogP contribution in [0, 0.1) is 6.92 Å². The number of nitrogens with one attached hydrogen (secondary N) is 2. The monoisotopic (exact) mass is 256 g/mol. The molecule has 0 aliphatic carbocycles. The van der Waals surface area contributed by atoms with Crippen molar-refractivity contribution in [2.45, 2.75) is 26.3 Å². The van der Waals surface area contributed by atoms with Crippen LogP contribution in [-0.4, -0.2) is 23.8 Å². The average Bonchev–Trinajstić information content (AvgIpc) is 2.31. The minimum atomic E-state index is -0.342. The first-order valence-electron chi connectivity index (χ1n) is 5.51. The molecule has 17 heavy (non-hydrogen) atoms.